The number of allylic oxidation sites excluding steroid dienone is 19. The monoisotopic (exact) mass is 885 g/mol. The van der Waals surface area contributed by atoms with Gasteiger partial charge in [-0.15, -0.1) is 0 Å². The molecule has 0 heterocycles. The molecule has 1 atom stereocenters. The van der Waals surface area contributed by atoms with E-state index in [0.29, 0.717) is 13.0 Å². The second kappa shape index (κ2) is 53.6. The van der Waals surface area contributed by atoms with Crippen molar-refractivity contribution >= 4 is 11.9 Å². The minimum atomic E-state index is -0.610. The maximum Gasteiger partial charge on any atom is 0.310 e. The molecule has 0 aromatic heterocycles. The van der Waals surface area contributed by atoms with Gasteiger partial charge in [-0.1, -0.05) is 232 Å². The van der Waals surface area contributed by atoms with Crippen molar-refractivity contribution in [1.82, 2.24) is 0 Å². The summed E-state index contributed by atoms with van der Waals surface area (Å²) in [5.74, 6) is -0.585. The van der Waals surface area contributed by atoms with Gasteiger partial charge in [-0.2, -0.15) is 0 Å². The maximum atomic E-state index is 12.7. The molecule has 64 heavy (non-hydrogen) atoms. The lowest BCUT2D eigenvalue weighted by molar-refractivity contribution is -0.162. The molecule has 1 unspecified atom stereocenters. The SMILES string of the molecule is CC/C=C\C/C=C\C/C=C\C/C=C\C/C=C\CCCCCC(=O)OCC(COCCCCCCCCCCCCCCCC)OC(=O)C/C=C\C/C=C\C/C=C\C/C=C\C/C=C\CC. The quantitative estimate of drug-likeness (QED) is 0.0346. The topological polar surface area (TPSA) is 61.8 Å². The van der Waals surface area contributed by atoms with Gasteiger partial charge in [0.25, 0.3) is 0 Å². The highest BCUT2D eigenvalue weighted by molar-refractivity contribution is 5.71. The Hall–Kier alpha value is -3.70. The smallest absolute Gasteiger partial charge is 0.310 e. The van der Waals surface area contributed by atoms with Crippen LogP contribution in [0.25, 0.3) is 0 Å². The molecule has 0 aliphatic carbocycles. The number of carbonyl (C=O) groups excluding carboxylic acids is 2. The highest BCUT2D eigenvalue weighted by atomic mass is 16.6. The summed E-state index contributed by atoms with van der Waals surface area (Å²) in [6.07, 6.45) is 75.2. The van der Waals surface area contributed by atoms with Gasteiger partial charge in [0.2, 0.25) is 0 Å². The molecule has 0 amide bonds. The number of esters is 2. The van der Waals surface area contributed by atoms with E-state index in [0.717, 1.165) is 103 Å². The zero-order chi connectivity index (χ0) is 46.3. The third-order valence-corrected chi connectivity index (χ3v) is 10.5. The Balaban J connectivity index is 4.46. The summed E-state index contributed by atoms with van der Waals surface area (Å²) < 4.78 is 17.3. The normalized spacial score (nSPS) is 13.2. The molecule has 0 saturated carbocycles. The van der Waals surface area contributed by atoms with Crippen LogP contribution >= 0.6 is 0 Å². The van der Waals surface area contributed by atoms with Crippen LogP contribution in [0.2, 0.25) is 0 Å². The average Bonchev–Trinajstić information content (AvgIpc) is 3.30. The molecule has 0 aromatic rings. The lowest BCUT2D eigenvalue weighted by Gasteiger charge is -2.18. The number of hydrogen-bond donors (Lipinski definition) is 0. The number of unbranched alkanes of at least 4 members (excludes halogenated alkanes) is 16. The van der Waals surface area contributed by atoms with E-state index in [4.69, 9.17) is 14.2 Å². The summed E-state index contributed by atoms with van der Waals surface area (Å²) in [4.78, 5) is 25.3. The molecule has 0 radical (unpaired) electrons. The van der Waals surface area contributed by atoms with Crippen LogP contribution in [0, 0.1) is 0 Å². The van der Waals surface area contributed by atoms with Crippen LogP contribution < -0.4 is 0 Å². The fourth-order valence-corrected chi connectivity index (χ4v) is 6.73. The fourth-order valence-electron chi connectivity index (χ4n) is 6.73. The number of ether oxygens (including phenoxy) is 3. The second-order valence-electron chi connectivity index (χ2n) is 16.7. The summed E-state index contributed by atoms with van der Waals surface area (Å²) in [6.45, 7) is 7.45. The summed E-state index contributed by atoms with van der Waals surface area (Å²) in [7, 11) is 0. The number of hydrogen-bond acceptors (Lipinski definition) is 5. The summed E-state index contributed by atoms with van der Waals surface area (Å²) in [5.41, 5.74) is 0. The van der Waals surface area contributed by atoms with Crippen molar-refractivity contribution in [3.8, 4) is 0 Å². The third-order valence-electron chi connectivity index (χ3n) is 10.5. The first kappa shape index (κ1) is 60.3. The van der Waals surface area contributed by atoms with Crippen LogP contribution in [0.4, 0.5) is 0 Å². The van der Waals surface area contributed by atoms with Crippen molar-refractivity contribution < 1.29 is 23.8 Å². The van der Waals surface area contributed by atoms with E-state index in [9.17, 15) is 9.59 Å². The molecule has 0 aliphatic rings. The highest BCUT2D eigenvalue weighted by Crippen LogP contribution is 2.13. The van der Waals surface area contributed by atoms with Crippen LogP contribution in [-0.4, -0.2) is 37.9 Å². The van der Waals surface area contributed by atoms with Gasteiger partial charge in [0.15, 0.2) is 6.10 Å². The van der Waals surface area contributed by atoms with Crippen molar-refractivity contribution in [2.24, 2.45) is 0 Å². The lowest BCUT2D eigenvalue weighted by atomic mass is 10.0. The van der Waals surface area contributed by atoms with E-state index in [1.807, 2.05) is 12.2 Å². The number of rotatable bonds is 46. The van der Waals surface area contributed by atoms with Crippen LogP contribution in [0.5, 0.6) is 0 Å². The Bertz CT molecular complexity index is 1320. The molecular weight excluding hydrogens is 789 g/mol. The summed E-state index contributed by atoms with van der Waals surface area (Å²) >= 11 is 0. The third kappa shape index (κ3) is 50.9. The first-order valence-electron chi connectivity index (χ1n) is 26.1. The molecule has 0 bridgehead atoms. The van der Waals surface area contributed by atoms with Crippen molar-refractivity contribution in [2.45, 2.75) is 219 Å². The van der Waals surface area contributed by atoms with Crippen molar-refractivity contribution in [2.75, 3.05) is 19.8 Å². The fraction of sp³-hybridized carbons (Fsp3) is 0.627. The maximum absolute atomic E-state index is 12.7. The van der Waals surface area contributed by atoms with E-state index in [1.165, 1.54) is 77.0 Å². The zero-order valence-electron chi connectivity index (χ0n) is 41.5. The van der Waals surface area contributed by atoms with Crippen LogP contribution in [-0.2, 0) is 23.8 Å². The van der Waals surface area contributed by atoms with Gasteiger partial charge in [-0.05, 0) is 89.9 Å². The van der Waals surface area contributed by atoms with Crippen LogP contribution in [0.15, 0.2) is 122 Å². The van der Waals surface area contributed by atoms with Gasteiger partial charge in [0.1, 0.15) is 6.61 Å². The van der Waals surface area contributed by atoms with Crippen LogP contribution in [0.1, 0.15) is 213 Å². The zero-order valence-corrected chi connectivity index (χ0v) is 41.5. The number of carbonyl (C=O) groups is 2. The molecule has 0 fully saturated rings. The summed E-state index contributed by atoms with van der Waals surface area (Å²) in [5, 5.41) is 0. The molecule has 5 heteroatoms. The molecule has 0 N–H and O–H groups in total. The second-order valence-corrected chi connectivity index (χ2v) is 16.7. The van der Waals surface area contributed by atoms with E-state index in [-0.39, 0.29) is 31.6 Å². The van der Waals surface area contributed by atoms with Gasteiger partial charge in [-0.25, -0.2) is 0 Å². The lowest BCUT2D eigenvalue weighted by Crippen LogP contribution is -2.29. The minimum absolute atomic E-state index is 0.0228. The van der Waals surface area contributed by atoms with E-state index in [2.05, 4.69) is 130 Å². The Kier molecular flexibility index (Phi) is 50.5. The van der Waals surface area contributed by atoms with E-state index in [1.54, 1.807) is 0 Å². The van der Waals surface area contributed by atoms with Crippen molar-refractivity contribution in [1.29, 1.82) is 0 Å². The molecular formula is C59H96O5. The molecule has 0 saturated heterocycles. The molecule has 362 valence electrons. The first-order valence-corrected chi connectivity index (χ1v) is 26.1. The molecule has 0 rings (SSSR count). The van der Waals surface area contributed by atoms with Gasteiger partial charge < -0.3 is 14.2 Å². The predicted octanol–water partition coefficient (Wildman–Crippen LogP) is 17.8. The Morgan fingerprint density at radius 2 is 0.750 bits per heavy atom. The van der Waals surface area contributed by atoms with Gasteiger partial charge in [0, 0.05) is 13.0 Å². The Morgan fingerprint density at radius 3 is 1.19 bits per heavy atom. The highest BCUT2D eigenvalue weighted by Gasteiger charge is 2.17. The predicted molar refractivity (Wildman–Crippen MR) is 279 cm³/mol. The van der Waals surface area contributed by atoms with Gasteiger partial charge >= 0.3 is 11.9 Å². The Labute approximate surface area is 395 Å². The summed E-state index contributed by atoms with van der Waals surface area (Å²) in [6, 6.07) is 0. The first-order chi connectivity index (χ1) is 31.6. The van der Waals surface area contributed by atoms with Gasteiger partial charge in [-0.3, -0.25) is 9.59 Å². The van der Waals surface area contributed by atoms with E-state index >= 15 is 0 Å². The largest absolute Gasteiger partial charge is 0.462 e. The van der Waals surface area contributed by atoms with Crippen LogP contribution in [0.3, 0.4) is 0 Å². The van der Waals surface area contributed by atoms with Crippen molar-refractivity contribution in [3.63, 3.8) is 0 Å². The molecule has 5 nitrogen and oxygen atoms in total. The van der Waals surface area contributed by atoms with Gasteiger partial charge in [0.05, 0.1) is 13.0 Å². The standard InChI is InChI=1S/C59H96O5/c1-4-7-10-13-16-19-22-25-28-29-30-31-33-34-37-40-43-46-49-52-58(60)63-56-57(55-62-54-51-48-45-42-39-36-27-24-21-18-15-12-9-6-3)64-59(61)53-50-47-44-41-38-35-32-26-23-20-17-14-11-8-5-2/h7-8,10-11,16-17,19-20,25-26,28,30-32,34,37-38,41,47,50,57H,4-6,9,12-15,18,21-24,27,29,33,35-36,39-40,42-46,48-49,51-56H2,1-3H3/b10-7-,11-8-,19-16-,20-17-,28-25-,31-30-,32-26-,37-34-,41-38-,50-47-. The van der Waals surface area contributed by atoms with Crippen molar-refractivity contribution in [3.05, 3.63) is 122 Å². The molecule has 0 aromatic carbocycles. The van der Waals surface area contributed by atoms with E-state index < -0.39 is 6.10 Å². The molecule has 0 spiro atoms. The Morgan fingerprint density at radius 1 is 0.375 bits per heavy atom. The minimum Gasteiger partial charge on any atom is -0.462 e. The molecule has 0 aliphatic heterocycles. The average molecular weight is 885 g/mol.